The minimum atomic E-state index is -0.573. The van der Waals surface area contributed by atoms with Crippen molar-refractivity contribution in [3.63, 3.8) is 0 Å². The molecule has 0 spiro atoms. The highest BCUT2D eigenvalue weighted by Crippen LogP contribution is 2.15. The van der Waals surface area contributed by atoms with Crippen LogP contribution < -0.4 is 15.5 Å². The smallest absolute Gasteiger partial charge is 0.326 e. The maximum atomic E-state index is 13.6. The molecule has 1 unspecified atom stereocenters. The van der Waals surface area contributed by atoms with Gasteiger partial charge in [0.05, 0.1) is 7.05 Å². The molecule has 2 aromatic rings. The molecule has 0 bridgehead atoms. The summed E-state index contributed by atoms with van der Waals surface area (Å²) in [4.78, 5) is 24.7. The third-order valence-electron chi connectivity index (χ3n) is 3.80. The van der Waals surface area contributed by atoms with Crippen LogP contribution in [-0.2, 0) is 11.3 Å². The summed E-state index contributed by atoms with van der Waals surface area (Å²) in [6, 6.07) is 11.5. The van der Waals surface area contributed by atoms with Crippen LogP contribution >= 0.6 is 0 Å². The zero-order valence-corrected chi connectivity index (χ0v) is 14.7. The van der Waals surface area contributed by atoms with E-state index in [1.54, 1.807) is 31.3 Å². The second-order valence-electron chi connectivity index (χ2n) is 6.22. The van der Waals surface area contributed by atoms with Gasteiger partial charge in [-0.2, -0.15) is 0 Å². The number of hydrogen-bond acceptors (Lipinski definition) is 2. The molecule has 0 aliphatic heterocycles. The monoisotopic (exact) mass is 344 g/mol. The zero-order valence-electron chi connectivity index (χ0n) is 14.7. The highest BCUT2D eigenvalue weighted by Gasteiger charge is 2.15. The van der Waals surface area contributed by atoms with Gasteiger partial charge in [0.2, 0.25) is 0 Å². The Bertz CT molecular complexity index is 777. The summed E-state index contributed by atoms with van der Waals surface area (Å²) in [6.07, 6.45) is 0. The van der Waals surface area contributed by atoms with Crippen molar-refractivity contribution in [1.29, 1.82) is 0 Å². The Morgan fingerprint density at radius 1 is 1.12 bits per heavy atom. The van der Waals surface area contributed by atoms with Crippen LogP contribution in [0.3, 0.4) is 0 Å². The molecule has 132 valence electrons. The van der Waals surface area contributed by atoms with Gasteiger partial charge in [0.1, 0.15) is 12.4 Å². The molecule has 25 heavy (non-hydrogen) atoms. The molecule has 0 radical (unpaired) electrons. The maximum absolute atomic E-state index is 13.6. The fraction of sp³-hybridized carbons (Fsp3) is 0.263. The zero-order chi connectivity index (χ0) is 18.4. The maximum Gasteiger partial charge on any atom is 0.326 e. The van der Waals surface area contributed by atoms with Crippen molar-refractivity contribution in [2.24, 2.45) is 0 Å². The van der Waals surface area contributed by atoms with Gasteiger partial charge in [-0.05, 0) is 31.5 Å². The molecule has 6 heteroatoms. The van der Waals surface area contributed by atoms with Crippen LogP contribution in [0, 0.1) is 19.7 Å². The van der Waals surface area contributed by atoms with E-state index in [1.807, 2.05) is 26.0 Å². The third kappa shape index (κ3) is 5.69. The summed E-state index contributed by atoms with van der Waals surface area (Å²) >= 11 is 0. The van der Waals surface area contributed by atoms with Gasteiger partial charge in [-0.15, -0.1) is 0 Å². The van der Waals surface area contributed by atoms with Crippen molar-refractivity contribution < 1.29 is 18.9 Å². The van der Waals surface area contributed by atoms with Crippen LogP contribution in [-0.4, -0.2) is 25.5 Å². The van der Waals surface area contributed by atoms with E-state index in [4.69, 9.17) is 0 Å². The predicted molar refractivity (Wildman–Crippen MR) is 94.9 cm³/mol. The highest BCUT2D eigenvalue weighted by molar-refractivity contribution is 6.01. The average Bonchev–Trinajstić information content (AvgIpc) is 2.52. The molecule has 2 rings (SSSR count). The number of imide groups is 1. The number of aryl methyl sites for hydroxylation is 2. The van der Waals surface area contributed by atoms with Gasteiger partial charge < -0.3 is 10.2 Å². The number of nitrogens with one attached hydrogen (secondary N) is 3. The van der Waals surface area contributed by atoms with E-state index in [0.717, 1.165) is 16.0 Å². The second-order valence-corrected chi connectivity index (χ2v) is 6.22. The summed E-state index contributed by atoms with van der Waals surface area (Å²) in [5, 5.41) is 4.96. The number of carbonyl (C=O) groups is 2. The fourth-order valence-electron chi connectivity index (χ4n) is 2.58. The Hall–Kier alpha value is -2.73. The Morgan fingerprint density at radius 2 is 1.84 bits per heavy atom. The quantitative estimate of drug-likeness (QED) is 0.775. The minimum Gasteiger partial charge on any atom is -0.326 e. The first-order chi connectivity index (χ1) is 11.8. The number of likely N-dealkylation sites (N-methyl/N-ethyl adjacent to an activating group) is 1. The molecule has 0 saturated carbocycles. The van der Waals surface area contributed by atoms with Crippen LogP contribution in [0.4, 0.5) is 14.9 Å². The topological polar surface area (TPSA) is 62.6 Å². The van der Waals surface area contributed by atoms with Gasteiger partial charge >= 0.3 is 6.03 Å². The molecule has 3 amide bonds. The lowest BCUT2D eigenvalue weighted by atomic mass is 10.1. The number of quaternary nitrogens is 1. The fourth-order valence-corrected chi connectivity index (χ4v) is 2.58. The lowest BCUT2D eigenvalue weighted by molar-refractivity contribution is -0.885. The first kappa shape index (κ1) is 18.6. The summed E-state index contributed by atoms with van der Waals surface area (Å²) in [5.41, 5.74) is 3.21. The summed E-state index contributed by atoms with van der Waals surface area (Å²) in [6.45, 7) is 4.28. The highest BCUT2D eigenvalue weighted by atomic mass is 19.1. The van der Waals surface area contributed by atoms with E-state index in [0.29, 0.717) is 17.8 Å². The van der Waals surface area contributed by atoms with Crippen molar-refractivity contribution >= 4 is 17.6 Å². The van der Waals surface area contributed by atoms with Crippen LogP contribution in [0.2, 0.25) is 0 Å². The predicted octanol–water partition coefficient (Wildman–Crippen LogP) is 1.81. The first-order valence-corrected chi connectivity index (χ1v) is 8.08. The number of hydrogen-bond donors (Lipinski definition) is 3. The molecular weight excluding hydrogens is 321 g/mol. The van der Waals surface area contributed by atoms with Gasteiger partial charge in [-0.1, -0.05) is 35.9 Å². The van der Waals surface area contributed by atoms with Gasteiger partial charge in [0.25, 0.3) is 5.91 Å². The molecule has 0 heterocycles. The molecule has 0 saturated heterocycles. The van der Waals surface area contributed by atoms with Gasteiger partial charge in [-0.25, -0.2) is 9.18 Å². The number of amides is 3. The normalized spacial score (nSPS) is 11.7. The number of anilines is 1. The molecular formula is C19H23FN3O2+. The van der Waals surface area contributed by atoms with Gasteiger partial charge in [0.15, 0.2) is 6.54 Å². The Morgan fingerprint density at radius 3 is 2.52 bits per heavy atom. The Labute approximate surface area is 146 Å². The van der Waals surface area contributed by atoms with Crippen molar-refractivity contribution in [3.05, 3.63) is 65.0 Å². The molecule has 1 atom stereocenters. The van der Waals surface area contributed by atoms with E-state index in [-0.39, 0.29) is 12.4 Å². The summed E-state index contributed by atoms with van der Waals surface area (Å²) < 4.78 is 13.6. The molecule has 3 N–H and O–H groups in total. The minimum absolute atomic E-state index is 0.0641. The molecule has 0 aliphatic rings. The standard InChI is InChI=1S/C19H22FN3O2/c1-13-8-9-17(14(2)10-13)21-19(25)22-18(24)12-23(3)11-15-6-4-5-7-16(15)20/h4-10H,11-12H2,1-3H3,(H2,21,22,24,25)/p+1. The van der Waals surface area contributed by atoms with E-state index in [9.17, 15) is 14.0 Å². The molecule has 0 aliphatic carbocycles. The third-order valence-corrected chi connectivity index (χ3v) is 3.80. The van der Waals surface area contributed by atoms with E-state index in [1.165, 1.54) is 6.07 Å². The number of carbonyl (C=O) groups excluding carboxylic acids is 2. The van der Waals surface area contributed by atoms with Crippen molar-refractivity contribution in [3.8, 4) is 0 Å². The molecule has 0 fully saturated rings. The van der Waals surface area contributed by atoms with Gasteiger partial charge in [0, 0.05) is 11.3 Å². The lowest BCUT2D eigenvalue weighted by Gasteiger charge is -2.14. The number of urea groups is 1. The number of rotatable bonds is 5. The summed E-state index contributed by atoms with van der Waals surface area (Å²) in [5.74, 6) is -0.717. The number of halogens is 1. The molecule has 5 nitrogen and oxygen atoms in total. The molecule has 2 aromatic carbocycles. The van der Waals surface area contributed by atoms with E-state index < -0.39 is 11.9 Å². The largest absolute Gasteiger partial charge is 0.326 e. The SMILES string of the molecule is Cc1ccc(NC(=O)NC(=O)C[NH+](C)Cc2ccccc2F)c(C)c1. The number of benzene rings is 2. The van der Waals surface area contributed by atoms with Crippen molar-refractivity contribution in [1.82, 2.24) is 5.32 Å². The van der Waals surface area contributed by atoms with Crippen molar-refractivity contribution in [2.75, 3.05) is 18.9 Å². The van der Waals surface area contributed by atoms with E-state index >= 15 is 0 Å². The first-order valence-electron chi connectivity index (χ1n) is 8.08. The van der Waals surface area contributed by atoms with Crippen LogP contribution in [0.5, 0.6) is 0 Å². The van der Waals surface area contributed by atoms with E-state index in [2.05, 4.69) is 10.6 Å². The summed E-state index contributed by atoms with van der Waals surface area (Å²) in [7, 11) is 1.77. The Balaban J connectivity index is 1.84. The van der Waals surface area contributed by atoms with Crippen LogP contribution in [0.1, 0.15) is 16.7 Å². The lowest BCUT2D eigenvalue weighted by Crippen LogP contribution is -3.09. The average molecular weight is 344 g/mol. The van der Waals surface area contributed by atoms with Crippen LogP contribution in [0.25, 0.3) is 0 Å². The Kier molecular flexibility index (Phi) is 6.25. The van der Waals surface area contributed by atoms with Crippen LogP contribution in [0.15, 0.2) is 42.5 Å². The second kappa shape index (κ2) is 8.39. The van der Waals surface area contributed by atoms with Crippen molar-refractivity contribution in [2.45, 2.75) is 20.4 Å². The molecule has 0 aromatic heterocycles. The van der Waals surface area contributed by atoms with Gasteiger partial charge in [-0.3, -0.25) is 10.1 Å².